The van der Waals surface area contributed by atoms with Crippen molar-refractivity contribution in [3.63, 3.8) is 0 Å². The molecule has 1 aromatic rings. The lowest BCUT2D eigenvalue weighted by molar-refractivity contribution is 0.859. The van der Waals surface area contributed by atoms with Crippen molar-refractivity contribution in [1.29, 1.82) is 0 Å². The molecule has 0 aliphatic heterocycles. The fourth-order valence-electron chi connectivity index (χ4n) is 0.814. The summed E-state index contributed by atoms with van der Waals surface area (Å²) in [5.41, 5.74) is 0. The van der Waals surface area contributed by atoms with Crippen LogP contribution >= 0.6 is 11.1 Å². The predicted molar refractivity (Wildman–Crippen MR) is 45.6 cm³/mol. The van der Waals surface area contributed by atoms with E-state index in [2.05, 4.69) is 18.1 Å². The highest BCUT2D eigenvalue weighted by Crippen LogP contribution is 2.09. The highest BCUT2D eigenvalue weighted by molar-refractivity contribution is 7.18. The molecule has 0 saturated carbocycles. The van der Waals surface area contributed by atoms with Crippen LogP contribution in [0.15, 0.2) is 18.7 Å². The number of halogens is 1. The van der Waals surface area contributed by atoms with Gasteiger partial charge >= 0.3 is 0 Å². The third-order valence-electron chi connectivity index (χ3n) is 1.12. The molecule has 0 aromatic carbocycles. The molecule has 0 saturated heterocycles. The van der Waals surface area contributed by atoms with Crippen molar-refractivity contribution in [3.8, 4) is 0 Å². The van der Waals surface area contributed by atoms with Gasteiger partial charge in [-0.1, -0.05) is 13.1 Å². The average Bonchev–Trinajstić information content (AvgIpc) is 2.12. The van der Waals surface area contributed by atoms with Gasteiger partial charge in [0.2, 0.25) is 0 Å². The van der Waals surface area contributed by atoms with Crippen LogP contribution < -0.4 is 0 Å². The van der Waals surface area contributed by atoms with E-state index in [1.165, 1.54) is 0 Å². The highest BCUT2D eigenvalue weighted by atomic mass is 35.6. The summed E-state index contributed by atoms with van der Waals surface area (Å²) < 4.78 is 2.03. The summed E-state index contributed by atoms with van der Waals surface area (Å²) in [6.07, 6.45) is 6.46. The predicted octanol–water partition coefficient (Wildman–Crippen LogP) is 1.87. The number of nitrogens with zero attached hydrogens (tertiary/aromatic N) is 2. The molecule has 0 unspecified atom stereocenters. The Hall–Kier alpha value is -0.283. The molecule has 0 radical (unpaired) electrons. The quantitative estimate of drug-likeness (QED) is 0.495. The van der Waals surface area contributed by atoms with E-state index in [0.717, 1.165) is 6.17 Å². The lowest BCUT2D eigenvalue weighted by Gasteiger charge is -2.12. The maximum atomic E-state index is 6.11. The number of hydrogen-bond donors (Lipinski definition) is 0. The van der Waals surface area contributed by atoms with Crippen LogP contribution in [0.4, 0.5) is 0 Å². The minimum absolute atomic E-state index is 0.939. The van der Waals surface area contributed by atoms with Crippen molar-refractivity contribution in [2.24, 2.45) is 0 Å². The van der Waals surface area contributed by atoms with Crippen molar-refractivity contribution < 1.29 is 0 Å². The van der Waals surface area contributed by atoms with Crippen molar-refractivity contribution >= 4 is 18.5 Å². The van der Waals surface area contributed by atoms with Crippen LogP contribution in [0.2, 0.25) is 13.1 Å². The minimum atomic E-state index is -1.47. The largest absolute Gasteiger partial charge is 0.339 e. The second-order valence-corrected chi connectivity index (χ2v) is 9.78. The smallest absolute Gasteiger partial charge is 0.169 e. The van der Waals surface area contributed by atoms with E-state index in [1.54, 1.807) is 12.5 Å². The molecule has 10 heavy (non-hydrogen) atoms. The number of imidazole rings is 1. The Morgan fingerprint density at radius 1 is 1.60 bits per heavy atom. The van der Waals surface area contributed by atoms with Gasteiger partial charge in [-0.25, -0.2) is 4.98 Å². The van der Waals surface area contributed by atoms with Crippen molar-refractivity contribution in [2.45, 2.75) is 19.3 Å². The molecular formula is C6H11ClN2Si. The lowest BCUT2D eigenvalue weighted by Crippen LogP contribution is -2.24. The molecule has 56 valence electrons. The standard InChI is InChI=1S/C6H11ClN2Si/c1-10(2,7)6-9-4-3-8-5-9/h3-5H,6H2,1-2H3. The molecular weight excluding hydrogens is 164 g/mol. The Labute approximate surface area is 66.6 Å². The van der Waals surface area contributed by atoms with Gasteiger partial charge in [0.1, 0.15) is 0 Å². The first-order chi connectivity index (χ1) is 4.58. The molecule has 0 amide bonds. The van der Waals surface area contributed by atoms with Crippen molar-refractivity contribution in [1.82, 2.24) is 9.55 Å². The number of aromatic nitrogens is 2. The Morgan fingerprint density at radius 2 is 2.30 bits per heavy atom. The van der Waals surface area contributed by atoms with Crippen molar-refractivity contribution in [2.75, 3.05) is 0 Å². The van der Waals surface area contributed by atoms with Crippen LogP contribution in [0.1, 0.15) is 0 Å². The molecule has 1 heterocycles. The molecule has 1 aromatic heterocycles. The molecule has 0 fully saturated rings. The first kappa shape index (κ1) is 7.82. The summed E-state index contributed by atoms with van der Waals surface area (Å²) in [7, 11) is -1.47. The molecule has 1 rings (SSSR count). The zero-order chi connectivity index (χ0) is 7.61. The van der Waals surface area contributed by atoms with E-state index in [-0.39, 0.29) is 0 Å². The molecule has 0 atom stereocenters. The van der Waals surface area contributed by atoms with Gasteiger partial charge in [-0.05, 0) is 0 Å². The van der Waals surface area contributed by atoms with Crippen LogP contribution in [0.5, 0.6) is 0 Å². The Kier molecular flexibility index (Phi) is 2.16. The number of rotatable bonds is 2. The molecule has 0 spiro atoms. The normalized spacial score (nSPS) is 11.9. The maximum Gasteiger partial charge on any atom is 0.169 e. The van der Waals surface area contributed by atoms with E-state index in [9.17, 15) is 0 Å². The van der Waals surface area contributed by atoms with Gasteiger partial charge in [0, 0.05) is 18.6 Å². The Bertz CT molecular complexity index is 190. The molecule has 2 nitrogen and oxygen atoms in total. The first-order valence-electron chi connectivity index (χ1n) is 3.22. The first-order valence-corrected chi connectivity index (χ1v) is 7.44. The van der Waals surface area contributed by atoms with Gasteiger partial charge in [-0.15, -0.1) is 0 Å². The fraction of sp³-hybridized carbons (Fsp3) is 0.500. The highest BCUT2D eigenvalue weighted by Gasteiger charge is 2.16. The Morgan fingerprint density at radius 3 is 2.70 bits per heavy atom. The third kappa shape index (κ3) is 2.54. The topological polar surface area (TPSA) is 17.8 Å². The summed E-state index contributed by atoms with van der Waals surface area (Å²) >= 11 is 6.11. The van der Waals surface area contributed by atoms with Crippen LogP contribution in [0.3, 0.4) is 0 Å². The lowest BCUT2D eigenvalue weighted by atomic mass is 10.9. The zero-order valence-electron chi connectivity index (χ0n) is 6.21. The fourth-order valence-corrected chi connectivity index (χ4v) is 2.28. The van der Waals surface area contributed by atoms with Crippen LogP contribution in [0, 0.1) is 0 Å². The monoisotopic (exact) mass is 174 g/mol. The van der Waals surface area contributed by atoms with Crippen LogP contribution in [-0.2, 0) is 6.17 Å². The van der Waals surface area contributed by atoms with Gasteiger partial charge in [0.15, 0.2) is 7.38 Å². The minimum Gasteiger partial charge on any atom is -0.339 e. The van der Waals surface area contributed by atoms with E-state index >= 15 is 0 Å². The van der Waals surface area contributed by atoms with E-state index < -0.39 is 7.38 Å². The van der Waals surface area contributed by atoms with Crippen LogP contribution in [-0.4, -0.2) is 16.9 Å². The summed E-state index contributed by atoms with van der Waals surface area (Å²) in [6.45, 7) is 4.24. The van der Waals surface area contributed by atoms with Crippen LogP contribution in [0.25, 0.3) is 0 Å². The second-order valence-electron chi connectivity index (χ2n) is 2.95. The van der Waals surface area contributed by atoms with Gasteiger partial charge in [-0.3, -0.25) is 0 Å². The van der Waals surface area contributed by atoms with E-state index in [1.807, 2.05) is 10.8 Å². The maximum absolute atomic E-state index is 6.11. The Balaban J connectivity index is 2.57. The van der Waals surface area contributed by atoms with E-state index in [4.69, 9.17) is 11.1 Å². The SMILES string of the molecule is C[Si](C)(Cl)Cn1ccnc1. The molecule has 0 N–H and O–H groups in total. The summed E-state index contributed by atoms with van der Waals surface area (Å²) in [6, 6.07) is 0. The van der Waals surface area contributed by atoms with Gasteiger partial charge in [0.05, 0.1) is 6.33 Å². The number of hydrogen-bond acceptors (Lipinski definition) is 1. The molecule has 4 heteroatoms. The van der Waals surface area contributed by atoms with Gasteiger partial charge in [0.25, 0.3) is 0 Å². The summed E-state index contributed by atoms with van der Waals surface area (Å²) in [4.78, 5) is 3.93. The molecule has 0 aliphatic carbocycles. The molecule has 0 bridgehead atoms. The third-order valence-corrected chi connectivity index (χ3v) is 2.59. The van der Waals surface area contributed by atoms with Gasteiger partial charge in [-0.2, -0.15) is 11.1 Å². The molecule has 0 aliphatic rings. The second kappa shape index (κ2) is 2.76. The van der Waals surface area contributed by atoms with Crippen molar-refractivity contribution in [3.05, 3.63) is 18.7 Å². The summed E-state index contributed by atoms with van der Waals surface area (Å²) in [5.74, 6) is 0. The van der Waals surface area contributed by atoms with E-state index in [0.29, 0.717) is 0 Å². The average molecular weight is 175 g/mol. The summed E-state index contributed by atoms with van der Waals surface area (Å²) in [5, 5.41) is 0. The van der Waals surface area contributed by atoms with Gasteiger partial charge < -0.3 is 4.57 Å². The zero-order valence-corrected chi connectivity index (χ0v) is 7.97.